The Bertz CT molecular complexity index is 349. The molecule has 1 aliphatic rings. The van der Waals surface area contributed by atoms with E-state index in [0.29, 0.717) is 5.92 Å². The van der Waals surface area contributed by atoms with Gasteiger partial charge in [0, 0.05) is 6.54 Å². The lowest BCUT2D eigenvalue weighted by molar-refractivity contribution is 0.305. The highest BCUT2D eigenvalue weighted by atomic mass is 16.5. The zero-order valence-electron chi connectivity index (χ0n) is 9.36. The van der Waals surface area contributed by atoms with Crippen molar-refractivity contribution in [2.75, 3.05) is 30.3 Å². The van der Waals surface area contributed by atoms with Crippen LogP contribution in [0.5, 0.6) is 5.75 Å². The summed E-state index contributed by atoms with van der Waals surface area (Å²) in [6.45, 7) is 7.15. The molecule has 1 aromatic carbocycles. The first-order valence-electron chi connectivity index (χ1n) is 5.44. The first-order chi connectivity index (χ1) is 7.18. The zero-order valence-corrected chi connectivity index (χ0v) is 9.36. The van der Waals surface area contributed by atoms with Crippen LogP contribution in [0.2, 0.25) is 0 Å². The third-order valence-corrected chi connectivity index (χ3v) is 2.55. The van der Waals surface area contributed by atoms with Gasteiger partial charge in [0.05, 0.1) is 12.2 Å². The van der Waals surface area contributed by atoms with Crippen LogP contribution in [-0.4, -0.2) is 19.7 Å². The lowest BCUT2D eigenvalue weighted by atomic mass is 10.1. The van der Waals surface area contributed by atoms with Gasteiger partial charge in [-0.05, 0) is 18.1 Å². The topological polar surface area (TPSA) is 38.5 Å². The molecule has 15 heavy (non-hydrogen) atoms. The molecule has 1 aromatic rings. The molecule has 0 amide bonds. The third-order valence-electron chi connectivity index (χ3n) is 2.55. The SMILES string of the molecule is CC(C)CN1CCOc2cccc(N)c21. The highest BCUT2D eigenvalue weighted by Gasteiger charge is 2.20. The molecular formula is C12H18N2O. The van der Waals surface area contributed by atoms with Crippen LogP contribution in [0.1, 0.15) is 13.8 Å². The van der Waals surface area contributed by atoms with Gasteiger partial charge in [-0.25, -0.2) is 0 Å². The van der Waals surface area contributed by atoms with E-state index in [2.05, 4.69) is 18.7 Å². The van der Waals surface area contributed by atoms with Crippen LogP contribution >= 0.6 is 0 Å². The molecule has 0 atom stereocenters. The average molecular weight is 206 g/mol. The molecule has 2 rings (SSSR count). The minimum atomic E-state index is 0.635. The summed E-state index contributed by atoms with van der Waals surface area (Å²) in [4.78, 5) is 2.32. The number of hydrogen-bond acceptors (Lipinski definition) is 3. The fourth-order valence-corrected chi connectivity index (χ4v) is 2.00. The smallest absolute Gasteiger partial charge is 0.144 e. The molecule has 0 aromatic heterocycles. The van der Waals surface area contributed by atoms with E-state index in [-0.39, 0.29) is 0 Å². The highest BCUT2D eigenvalue weighted by molar-refractivity contribution is 5.75. The van der Waals surface area contributed by atoms with Crippen LogP contribution in [0.15, 0.2) is 18.2 Å². The van der Waals surface area contributed by atoms with Crippen molar-refractivity contribution in [1.82, 2.24) is 0 Å². The predicted octanol–water partition coefficient (Wildman–Crippen LogP) is 2.12. The van der Waals surface area contributed by atoms with E-state index < -0.39 is 0 Å². The first kappa shape index (κ1) is 10.1. The number of hydrogen-bond donors (Lipinski definition) is 1. The second kappa shape index (κ2) is 4.01. The Morgan fingerprint density at radius 3 is 3.00 bits per heavy atom. The van der Waals surface area contributed by atoms with Crippen molar-refractivity contribution in [2.45, 2.75) is 13.8 Å². The monoisotopic (exact) mass is 206 g/mol. The van der Waals surface area contributed by atoms with E-state index >= 15 is 0 Å². The van der Waals surface area contributed by atoms with Crippen molar-refractivity contribution in [3.8, 4) is 5.75 Å². The molecule has 0 saturated carbocycles. The zero-order chi connectivity index (χ0) is 10.8. The van der Waals surface area contributed by atoms with E-state index in [4.69, 9.17) is 10.5 Å². The second-order valence-electron chi connectivity index (χ2n) is 4.38. The summed E-state index contributed by atoms with van der Waals surface area (Å²) in [5.74, 6) is 1.55. The molecule has 0 radical (unpaired) electrons. The molecule has 0 spiro atoms. The molecule has 0 fully saturated rings. The number of benzene rings is 1. The number of nitrogens with zero attached hydrogens (tertiary/aromatic N) is 1. The summed E-state index contributed by atoms with van der Waals surface area (Å²) in [6, 6.07) is 5.85. The summed E-state index contributed by atoms with van der Waals surface area (Å²) < 4.78 is 5.59. The van der Waals surface area contributed by atoms with Gasteiger partial charge in [-0.3, -0.25) is 0 Å². The molecular weight excluding hydrogens is 188 g/mol. The van der Waals surface area contributed by atoms with Crippen molar-refractivity contribution < 1.29 is 4.74 Å². The van der Waals surface area contributed by atoms with Crippen LogP contribution in [0.4, 0.5) is 11.4 Å². The van der Waals surface area contributed by atoms with Crippen LogP contribution in [0.25, 0.3) is 0 Å². The van der Waals surface area contributed by atoms with Crippen molar-refractivity contribution in [2.24, 2.45) is 5.92 Å². The first-order valence-corrected chi connectivity index (χ1v) is 5.44. The summed E-state index contributed by atoms with van der Waals surface area (Å²) in [5, 5.41) is 0. The summed E-state index contributed by atoms with van der Waals surface area (Å²) in [5.41, 5.74) is 7.87. The number of nitrogens with two attached hydrogens (primary N) is 1. The summed E-state index contributed by atoms with van der Waals surface area (Å²) >= 11 is 0. The maximum absolute atomic E-state index is 5.99. The lowest BCUT2D eigenvalue weighted by Gasteiger charge is -2.33. The van der Waals surface area contributed by atoms with Crippen LogP contribution in [0, 0.1) is 5.92 Å². The van der Waals surface area contributed by atoms with Crippen LogP contribution < -0.4 is 15.4 Å². The number of nitrogen functional groups attached to an aromatic ring is 1. The van der Waals surface area contributed by atoms with E-state index in [1.807, 2.05) is 18.2 Å². The van der Waals surface area contributed by atoms with Gasteiger partial charge in [-0.15, -0.1) is 0 Å². The standard InChI is InChI=1S/C12H18N2O/c1-9(2)8-14-6-7-15-11-5-3-4-10(13)12(11)14/h3-5,9H,6-8,13H2,1-2H3. The van der Waals surface area contributed by atoms with Gasteiger partial charge in [0.15, 0.2) is 0 Å². The van der Waals surface area contributed by atoms with Gasteiger partial charge in [-0.2, -0.15) is 0 Å². The minimum absolute atomic E-state index is 0.635. The Kier molecular flexibility index (Phi) is 2.71. The van der Waals surface area contributed by atoms with E-state index in [1.54, 1.807) is 0 Å². The predicted molar refractivity (Wildman–Crippen MR) is 63.4 cm³/mol. The van der Waals surface area contributed by atoms with Gasteiger partial charge in [-0.1, -0.05) is 19.9 Å². The number of para-hydroxylation sites is 1. The van der Waals surface area contributed by atoms with Gasteiger partial charge in [0.25, 0.3) is 0 Å². The molecule has 1 heterocycles. The summed E-state index contributed by atoms with van der Waals surface area (Å²) in [7, 11) is 0. The fourth-order valence-electron chi connectivity index (χ4n) is 2.00. The highest BCUT2D eigenvalue weighted by Crippen LogP contribution is 2.36. The molecule has 3 nitrogen and oxygen atoms in total. The lowest BCUT2D eigenvalue weighted by Crippen LogP contribution is -2.35. The number of anilines is 2. The Morgan fingerprint density at radius 1 is 1.47 bits per heavy atom. The molecule has 2 N–H and O–H groups in total. The molecule has 1 aliphatic heterocycles. The van der Waals surface area contributed by atoms with E-state index in [1.165, 1.54) is 0 Å². The molecule has 3 heteroatoms. The van der Waals surface area contributed by atoms with Gasteiger partial charge >= 0.3 is 0 Å². The third kappa shape index (κ3) is 2.01. The maximum atomic E-state index is 5.99. The Hall–Kier alpha value is -1.38. The Balaban J connectivity index is 2.32. The average Bonchev–Trinajstić information content (AvgIpc) is 2.17. The molecule has 0 unspecified atom stereocenters. The van der Waals surface area contributed by atoms with Gasteiger partial charge < -0.3 is 15.4 Å². The number of fused-ring (bicyclic) bond motifs is 1. The van der Waals surface area contributed by atoms with E-state index in [9.17, 15) is 0 Å². The van der Waals surface area contributed by atoms with Crippen LogP contribution in [-0.2, 0) is 0 Å². The quantitative estimate of drug-likeness (QED) is 0.753. The normalized spacial score (nSPS) is 15.0. The van der Waals surface area contributed by atoms with Crippen molar-refractivity contribution >= 4 is 11.4 Å². The van der Waals surface area contributed by atoms with Gasteiger partial charge in [0.1, 0.15) is 18.0 Å². The molecule has 0 bridgehead atoms. The number of rotatable bonds is 2. The largest absolute Gasteiger partial charge is 0.489 e. The number of ether oxygens (including phenoxy) is 1. The Morgan fingerprint density at radius 2 is 2.27 bits per heavy atom. The van der Waals surface area contributed by atoms with E-state index in [0.717, 1.165) is 36.8 Å². The molecule has 82 valence electrons. The molecule has 0 aliphatic carbocycles. The maximum Gasteiger partial charge on any atom is 0.144 e. The summed E-state index contributed by atoms with van der Waals surface area (Å²) in [6.07, 6.45) is 0. The fraction of sp³-hybridized carbons (Fsp3) is 0.500. The van der Waals surface area contributed by atoms with Gasteiger partial charge in [0.2, 0.25) is 0 Å². The van der Waals surface area contributed by atoms with Crippen molar-refractivity contribution in [3.05, 3.63) is 18.2 Å². The molecule has 0 saturated heterocycles. The second-order valence-corrected chi connectivity index (χ2v) is 4.38. The van der Waals surface area contributed by atoms with Crippen LogP contribution in [0.3, 0.4) is 0 Å². The Labute approximate surface area is 90.8 Å². The van der Waals surface area contributed by atoms with Crippen molar-refractivity contribution in [3.63, 3.8) is 0 Å². The minimum Gasteiger partial charge on any atom is -0.489 e. The van der Waals surface area contributed by atoms with Crippen molar-refractivity contribution in [1.29, 1.82) is 0 Å².